The van der Waals surface area contributed by atoms with Crippen LogP contribution in [0.4, 0.5) is 0 Å². The predicted molar refractivity (Wildman–Crippen MR) is 104 cm³/mol. The molecule has 124 valence electrons. The molecule has 0 aliphatic carbocycles. The maximum atomic E-state index is 9.57. The Balaban J connectivity index is 1.95. The molecule has 3 nitrogen and oxygen atoms in total. The quantitative estimate of drug-likeness (QED) is 0.526. The van der Waals surface area contributed by atoms with E-state index in [1.54, 1.807) is 0 Å². The van der Waals surface area contributed by atoms with Crippen LogP contribution in [0.5, 0.6) is 5.75 Å². The molecule has 0 spiro atoms. The minimum absolute atomic E-state index is 0.511. The Labute approximate surface area is 155 Å². The monoisotopic (exact) mass is 366 g/mol. The predicted octanol–water partition coefficient (Wildman–Crippen LogP) is 5.93. The molecule has 0 radical (unpaired) electrons. The fourth-order valence-electron chi connectivity index (χ4n) is 2.33. The Kier molecular flexibility index (Phi) is 5.49. The van der Waals surface area contributed by atoms with Gasteiger partial charge in [-0.25, -0.2) is 4.98 Å². The highest BCUT2D eigenvalue weighted by molar-refractivity contribution is 7.11. The summed E-state index contributed by atoms with van der Waals surface area (Å²) in [5, 5.41) is 12.9. The van der Waals surface area contributed by atoms with Gasteiger partial charge in [0.15, 0.2) is 0 Å². The van der Waals surface area contributed by atoms with Crippen LogP contribution in [0.15, 0.2) is 53.9 Å². The van der Waals surface area contributed by atoms with Crippen molar-refractivity contribution in [2.24, 2.45) is 0 Å². The minimum Gasteiger partial charge on any atom is -0.493 e. The second kappa shape index (κ2) is 7.98. The van der Waals surface area contributed by atoms with Crippen molar-refractivity contribution in [1.82, 2.24) is 4.98 Å². The first-order valence-electron chi connectivity index (χ1n) is 7.76. The number of nitrogens with zero attached hydrogens (tertiary/aromatic N) is 2. The fraction of sp³-hybridized carbons (Fsp3) is 0.100. The average molecular weight is 367 g/mol. The van der Waals surface area contributed by atoms with Crippen LogP contribution in [0.25, 0.3) is 22.9 Å². The summed E-state index contributed by atoms with van der Waals surface area (Å²) >= 11 is 7.37. The van der Waals surface area contributed by atoms with Gasteiger partial charge in [0, 0.05) is 21.5 Å². The average Bonchev–Trinajstić information content (AvgIpc) is 3.11. The molecule has 0 N–H and O–H groups in total. The van der Waals surface area contributed by atoms with E-state index >= 15 is 0 Å². The van der Waals surface area contributed by atoms with E-state index < -0.39 is 0 Å². The summed E-state index contributed by atoms with van der Waals surface area (Å²) in [6.45, 7) is 2.51. The minimum atomic E-state index is 0.511. The molecule has 0 saturated heterocycles. The second-order valence-corrected chi connectivity index (χ2v) is 6.48. The number of thiazole rings is 1. The van der Waals surface area contributed by atoms with Crippen molar-refractivity contribution in [1.29, 1.82) is 5.26 Å². The Bertz CT molecular complexity index is 939. The van der Waals surface area contributed by atoms with Crippen LogP contribution < -0.4 is 4.74 Å². The number of aromatic nitrogens is 1. The molecule has 0 unspecified atom stereocenters. The first-order valence-corrected chi connectivity index (χ1v) is 9.02. The summed E-state index contributed by atoms with van der Waals surface area (Å²) in [6.07, 6.45) is 1.81. The fourth-order valence-corrected chi connectivity index (χ4v) is 3.26. The van der Waals surface area contributed by atoms with Crippen LogP contribution >= 0.6 is 22.9 Å². The molecular formula is C20H15ClN2OS. The van der Waals surface area contributed by atoms with Gasteiger partial charge in [0.25, 0.3) is 0 Å². The topological polar surface area (TPSA) is 45.9 Å². The highest BCUT2D eigenvalue weighted by Gasteiger charge is 2.10. The first-order chi connectivity index (χ1) is 12.2. The number of hydrogen-bond donors (Lipinski definition) is 0. The molecule has 0 aliphatic heterocycles. The number of hydrogen-bond acceptors (Lipinski definition) is 4. The zero-order valence-corrected chi connectivity index (χ0v) is 15.1. The van der Waals surface area contributed by atoms with Gasteiger partial charge in [-0.15, -0.1) is 11.3 Å². The molecule has 0 atom stereocenters. The van der Waals surface area contributed by atoms with Gasteiger partial charge < -0.3 is 4.74 Å². The van der Waals surface area contributed by atoms with Gasteiger partial charge in [-0.2, -0.15) is 5.26 Å². The number of rotatable bonds is 5. The molecule has 5 heteroatoms. The zero-order valence-electron chi connectivity index (χ0n) is 13.6. The molecule has 2 aromatic carbocycles. The summed E-state index contributed by atoms with van der Waals surface area (Å²) in [7, 11) is 0. The lowest BCUT2D eigenvalue weighted by atomic mass is 10.1. The van der Waals surface area contributed by atoms with E-state index in [-0.39, 0.29) is 0 Å². The third kappa shape index (κ3) is 4.08. The van der Waals surface area contributed by atoms with E-state index in [9.17, 15) is 5.26 Å². The largest absolute Gasteiger partial charge is 0.493 e. The van der Waals surface area contributed by atoms with Crippen LogP contribution in [-0.4, -0.2) is 11.6 Å². The smallest absolute Gasteiger partial charge is 0.134 e. The molecule has 0 bridgehead atoms. The van der Waals surface area contributed by atoms with E-state index in [2.05, 4.69) is 11.1 Å². The summed E-state index contributed by atoms with van der Waals surface area (Å²) in [5.41, 5.74) is 3.18. The summed E-state index contributed by atoms with van der Waals surface area (Å²) in [5.74, 6) is 0.757. The van der Waals surface area contributed by atoms with Crippen LogP contribution in [0.2, 0.25) is 5.02 Å². The van der Waals surface area contributed by atoms with E-state index in [4.69, 9.17) is 16.3 Å². The SMILES string of the molecule is CCOc1ccccc1/C=C(/C#N)c1nc(-c2ccc(Cl)cc2)cs1. The van der Waals surface area contributed by atoms with Gasteiger partial charge in [0.05, 0.1) is 17.9 Å². The number of benzene rings is 2. The number of halogens is 1. The lowest BCUT2D eigenvalue weighted by Gasteiger charge is -2.06. The third-order valence-corrected chi connectivity index (χ3v) is 4.64. The van der Waals surface area contributed by atoms with Crippen molar-refractivity contribution >= 4 is 34.6 Å². The van der Waals surface area contributed by atoms with E-state index in [0.29, 0.717) is 22.2 Å². The molecule has 0 saturated carbocycles. The van der Waals surface area contributed by atoms with Crippen molar-refractivity contribution in [3.8, 4) is 23.1 Å². The maximum absolute atomic E-state index is 9.57. The maximum Gasteiger partial charge on any atom is 0.134 e. The summed E-state index contributed by atoms with van der Waals surface area (Å²) in [4.78, 5) is 4.60. The van der Waals surface area contributed by atoms with Gasteiger partial charge in [-0.3, -0.25) is 0 Å². The highest BCUT2D eigenvalue weighted by atomic mass is 35.5. The number of ether oxygens (including phenoxy) is 1. The molecular weight excluding hydrogens is 352 g/mol. The van der Waals surface area contributed by atoms with Gasteiger partial charge in [0.2, 0.25) is 0 Å². The number of para-hydroxylation sites is 1. The Morgan fingerprint density at radius 3 is 2.72 bits per heavy atom. The van der Waals surface area contributed by atoms with Crippen LogP contribution in [-0.2, 0) is 0 Å². The zero-order chi connectivity index (χ0) is 17.6. The molecule has 3 rings (SSSR count). The molecule has 0 aliphatic rings. The Hall–Kier alpha value is -2.61. The van der Waals surface area contributed by atoms with Gasteiger partial charge in [0.1, 0.15) is 16.8 Å². The van der Waals surface area contributed by atoms with Gasteiger partial charge in [-0.1, -0.05) is 41.9 Å². The van der Waals surface area contributed by atoms with Crippen molar-refractivity contribution in [2.45, 2.75) is 6.92 Å². The van der Waals surface area contributed by atoms with Crippen LogP contribution in [0.1, 0.15) is 17.5 Å². The van der Waals surface area contributed by atoms with E-state index in [1.165, 1.54) is 11.3 Å². The van der Waals surface area contributed by atoms with Crippen molar-refractivity contribution < 1.29 is 4.74 Å². The lowest BCUT2D eigenvalue weighted by molar-refractivity contribution is 0.339. The van der Waals surface area contributed by atoms with Crippen molar-refractivity contribution in [3.63, 3.8) is 0 Å². The summed E-state index contributed by atoms with van der Waals surface area (Å²) < 4.78 is 5.62. The lowest BCUT2D eigenvalue weighted by Crippen LogP contribution is -1.93. The van der Waals surface area contributed by atoms with Gasteiger partial charge in [-0.05, 0) is 31.2 Å². The highest BCUT2D eigenvalue weighted by Crippen LogP contribution is 2.29. The standard InChI is InChI=1S/C20H15ClN2OS/c1-2-24-19-6-4-3-5-15(19)11-16(12-22)20-23-18(13-25-20)14-7-9-17(21)10-8-14/h3-11,13H,2H2,1H3/b16-11-. The molecule has 1 aromatic heterocycles. The third-order valence-electron chi connectivity index (χ3n) is 3.51. The second-order valence-electron chi connectivity index (χ2n) is 5.19. The van der Waals surface area contributed by atoms with E-state index in [1.807, 2.05) is 66.9 Å². The number of allylic oxidation sites excluding steroid dienone is 1. The molecule has 0 amide bonds. The Morgan fingerprint density at radius 1 is 1.24 bits per heavy atom. The van der Waals surface area contributed by atoms with Crippen molar-refractivity contribution in [3.05, 3.63) is 69.5 Å². The molecule has 25 heavy (non-hydrogen) atoms. The van der Waals surface area contributed by atoms with Crippen LogP contribution in [0.3, 0.4) is 0 Å². The van der Waals surface area contributed by atoms with E-state index in [0.717, 1.165) is 22.6 Å². The van der Waals surface area contributed by atoms with Gasteiger partial charge >= 0.3 is 0 Å². The molecule has 0 fully saturated rings. The normalized spacial score (nSPS) is 11.2. The molecule has 3 aromatic rings. The number of nitriles is 1. The summed E-state index contributed by atoms with van der Waals surface area (Å²) in [6, 6.07) is 17.4. The van der Waals surface area contributed by atoms with Crippen molar-refractivity contribution in [2.75, 3.05) is 6.61 Å². The van der Waals surface area contributed by atoms with Crippen LogP contribution in [0, 0.1) is 11.3 Å². The molecule has 1 heterocycles. The first kappa shape index (κ1) is 17.2. The Morgan fingerprint density at radius 2 is 2.00 bits per heavy atom.